The second-order valence-electron chi connectivity index (χ2n) is 14.3. The molecule has 0 amide bonds. The summed E-state index contributed by atoms with van der Waals surface area (Å²) in [4.78, 5) is 0. The fourth-order valence-electron chi connectivity index (χ4n) is 8.81. The van der Waals surface area contributed by atoms with Gasteiger partial charge in [0.1, 0.15) is 34.5 Å². The van der Waals surface area contributed by atoms with Crippen LogP contribution in [0.2, 0.25) is 0 Å². The van der Waals surface area contributed by atoms with Gasteiger partial charge in [0.25, 0.3) is 6.71 Å². The van der Waals surface area contributed by atoms with Crippen LogP contribution in [0.5, 0.6) is 34.5 Å². The highest BCUT2D eigenvalue weighted by Gasteiger charge is 2.40. The first-order chi connectivity index (χ1) is 26.8. The van der Waals surface area contributed by atoms with Gasteiger partial charge in [0.15, 0.2) is 0 Å². The zero-order valence-corrected chi connectivity index (χ0v) is 29.4. The van der Waals surface area contributed by atoms with E-state index in [-0.39, 0.29) is 13.4 Å². The lowest BCUT2D eigenvalue weighted by Crippen LogP contribution is -2.57. The van der Waals surface area contributed by atoms with Crippen molar-refractivity contribution in [2.24, 2.45) is 0 Å². The van der Waals surface area contributed by atoms with Gasteiger partial charge in [-0.25, -0.2) is 0 Å². The molecule has 0 bridgehead atoms. The number of ether oxygens (including phenoxy) is 3. The van der Waals surface area contributed by atoms with Crippen LogP contribution >= 0.6 is 0 Å². The average molecular weight is 690 g/mol. The highest BCUT2D eigenvalue weighted by molar-refractivity contribution is 6.98. The Hall–Kier alpha value is -6.71. The van der Waals surface area contributed by atoms with Crippen molar-refractivity contribution in [3.8, 4) is 67.9 Å². The van der Waals surface area contributed by atoms with Gasteiger partial charge in [-0.05, 0) is 104 Å². The maximum Gasteiger partial charge on any atom is 0.260 e. The SMILES string of the molecule is c1ccc(-c2cccc(-c3ccccc3)c2CB2c3ccccc3Oc3cc(-c4cc5c6c(c4)Oc4ccccc4B6c4ccccc4O5)ccc32)cc1. The molecule has 0 radical (unpaired) electrons. The Balaban J connectivity index is 1.04. The topological polar surface area (TPSA) is 27.7 Å². The van der Waals surface area contributed by atoms with Crippen LogP contribution < -0.4 is 41.5 Å². The summed E-state index contributed by atoms with van der Waals surface area (Å²) in [6, 6.07) is 64.4. The van der Waals surface area contributed by atoms with Gasteiger partial charge in [-0.2, -0.15) is 0 Å². The Bertz CT molecular complexity index is 2620. The predicted molar refractivity (Wildman–Crippen MR) is 222 cm³/mol. The molecule has 0 aliphatic carbocycles. The van der Waals surface area contributed by atoms with Crippen molar-refractivity contribution in [1.82, 2.24) is 0 Å². The lowest BCUT2D eigenvalue weighted by molar-refractivity contribution is 0.465. The predicted octanol–water partition coefficient (Wildman–Crippen LogP) is 8.91. The Morgan fingerprint density at radius 1 is 0.333 bits per heavy atom. The fraction of sp³-hybridized carbons (Fsp3) is 0.0204. The Labute approximate surface area is 315 Å². The number of fused-ring (bicyclic) bond motifs is 6. The summed E-state index contributed by atoms with van der Waals surface area (Å²) < 4.78 is 20.0. The minimum Gasteiger partial charge on any atom is -0.458 e. The van der Waals surface area contributed by atoms with Crippen LogP contribution in [0.3, 0.4) is 0 Å². The molecule has 0 unspecified atom stereocenters. The summed E-state index contributed by atoms with van der Waals surface area (Å²) in [6.07, 6.45) is 0.812. The van der Waals surface area contributed by atoms with Crippen LogP contribution in [0.25, 0.3) is 33.4 Å². The molecule has 0 spiro atoms. The fourth-order valence-corrected chi connectivity index (χ4v) is 8.81. The van der Waals surface area contributed by atoms with Gasteiger partial charge in [0, 0.05) is 5.46 Å². The standard InChI is InChI=1S/C49H32B2O3/c1-3-14-32(15-4-1)36-18-13-19-37(33-16-5-2-6-17-33)38(36)31-50-39-20-7-10-23-43(39)52-46-28-34(26-27-40(46)50)35-29-47-49-48(30-35)54-45-25-12-9-22-42(45)51(49)41-21-8-11-24-44(41)53-47/h1-30H,31H2. The van der Waals surface area contributed by atoms with Gasteiger partial charge < -0.3 is 14.2 Å². The minimum absolute atomic E-state index is 0.0441. The maximum absolute atomic E-state index is 6.77. The van der Waals surface area contributed by atoms with Crippen molar-refractivity contribution in [1.29, 1.82) is 0 Å². The van der Waals surface area contributed by atoms with Crippen molar-refractivity contribution in [2.75, 3.05) is 0 Å². The zero-order chi connectivity index (χ0) is 35.6. The smallest absolute Gasteiger partial charge is 0.260 e. The molecule has 0 fully saturated rings. The quantitative estimate of drug-likeness (QED) is 0.169. The first kappa shape index (κ1) is 30.9. The largest absolute Gasteiger partial charge is 0.458 e. The molecular weight excluding hydrogens is 658 g/mol. The molecule has 3 aliphatic heterocycles. The minimum atomic E-state index is 0.0441. The van der Waals surface area contributed by atoms with Crippen LogP contribution in [0, 0.1) is 0 Å². The summed E-state index contributed by atoms with van der Waals surface area (Å²) in [6.45, 7) is 0.124. The van der Waals surface area contributed by atoms with Gasteiger partial charge in [-0.1, -0.05) is 146 Å². The Kier molecular flexibility index (Phi) is 7.12. The first-order valence-electron chi connectivity index (χ1n) is 18.6. The van der Waals surface area contributed by atoms with E-state index in [4.69, 9.17) is 14.2 Å². The van der Waals surface area contributed by atoms with Gasteiger partial charge in [0.2, 0.25) is 6.71 Å². The monoisotopic (exact) mass is 690 g/mol. The van der Waals surface area contributed by atoms with Gasteiger partial charge in [-0.3, -0.25) is 0 Å². The van der Waals surface area contributed by atoms with E-state index in [9.17, 15) is 0 Å². The lowest BCUT2D eigenvalue weighted by Gasteiger charge is -2.33. The molecule has 0 saturated heterocycles. The summed E-state index contributed by atoms with van der Waals surface area (Å²) in [5, 5.41) is 0. The second-order valence-corrected chi connectivity index (χ2v) is 14.3. The van der Waals surface area contributed by atoms with E-state index in [0.717, 1.165) is 68.3 Å². The summed E-state index contributed by atoms with van der Waals surface area (Å²) in [5.41, 5.74) is 14.1. The number of hydrogen-bond donors (Lipinski definition) is 0. The van der Waals surface area contributed by atoms with E-state index in [2.05, 4.69) is 170 Å². The third-order valence-corrected chi connectivity index (χ3v) is 11.3. The van der Waals surface area contributed by atoms with Crippen LogP contribution in [-0.2, 0) is 6.32 Å². The van der Waals surface area contributed by atoms with E-state index in [1.54, 1.807) is 0 Å². The summed E-state index contributed by atoms with van der Waals surface area (Å²) in [7, 11) is 0. The van der Waals surface area contributed by atoms with Crippen LogP contribution in [-0.4, -0.2) is 13.4 Å². The molecule has 3 nitrogen and oxygen atoms in total. The second kappa shape index (κ2) is 12.5. The van der Waals surface area contributed by atoms with Crippen molar-refractivity contribution in [2.45, 2.75) is 6.32 Å². The first-order valence-corrected chi connectivity index (χ1v) is 18.6. The molecule has 5 heteroatoms. The molecular formula is C49H32B2O3. The van der Waals surface area contributed by atoms with Crippen molar-refractivity contribution in [3.63, 3.8) is 0 Å². The van der Waals surface area contributed by atoms with E-state index >= 15 is 0 Å². The van der Waals surface area contributed by atoms with Crippen molar-refractivity contribution < 1.29 is 14.2 Å². The third-order valence-electron chi connectivity index (χ3n) is 11.3. The molecule has 8 aromatic carbocycles. The molecule has 54 heavy (non-hydrogen) atoms. The van der Waals surface area contributed by atoms with Gasteiger partial charge in [-0.15, -0.1) is 0 Å². The van der Waals surface area contributed by atoms with Crippen molar-refractivity contribution in [3.05, 3.63) is 188 Å². The van der Waals surface area contributed by atoms with E-state index in [1.807, 2.05) is 12.1 Å². The average Bonchev–Trinajstić information content (AvgIpc) is 3.23. The number of benzene rings is 8. The Morgan fingerprint density at radius 2 is 0.796 bits per heavy atom. The van der Waals surface area contributed by atoms with Crippen LogP contribution in [0.1, 0.15) is 5.56 Å². The highest BCUT2D eigenvalue weighted by atomic mass is 16.5. The maximum atomic E-state index is 6.77. The van der Waals surface area contributed by atoms with E-state index in [1.165, 1.54) is 38.7 Å². The lowest BCUT2D eigenvalue weighted by atomic mass is 9.35. The van der Waals surface area contributed by atoms with Gasteiger partial charge in [0.05, 0.1) is 0 Å². The van der Waals surface area contributed by atoms with Crippen molar-refractivity contribution >= 4 is 40.7 Å². The highest BCUT2D eigenvalue weighted by Crippen LogP contribution is 2.40. The summed E-state index contributed by atoms with van der Waals surface area (Å²) in [5.74, 6) is 5.19. The van der Waals surface area contributed by atoms with E-state index < -0.39 is 0 Å². The number of rotatable bonds is 5. The van der Waals surface area contributed by atoms with Gasteiger partial charge >= 0.3 is 0 Å². The molecule has 0 N–H and O–H groups in total. The molecule has 8 aromatic rings. The van der Waals surface area contributed by atoms with Crippen LogP contribution in [0.15, 0.2) is 182 Å². The molecule has 0 aromatic heterocycles. The molecule has 3 aliphatic rings. The third kappa shape index (κ3) is 5.00. The Morgan fingerprint density at radius 3 is 1.39 bits per heavy atom. The molecule has 252 valence electrons. The normalized spacial score (nSPS) is 12.9. The molecule has 3 heterocycles. The van der Waals surface area contributed by atoms with Crippen LogP contribution in [0.4, 0.5) is 0 Å². The number of para-hydroxylation sites is 3. The van der Waals surface area contributed by atoms with E-state index in [0.29, 0.717) is 0 Å². The molecule has 0 atom stereocenters. The molecule has 0 saturated carbocycles. The molecule has 11 rings (SSSR count). The summed E-state index contributed by atoms with van der Waals surface area (Å²) >= 11 is 0. The zero-order valence-electron chi connectivity index (χ0n) is 29.4. The number of hydrogen-bond acceptors (Lipinski definition) is 3.